The topological polar surface area (TPSA) is 29.1 Å². The third-order valence-electron chi connectivity index (χ3n) is 3.25. The van der Waals surface area contributed by atoms with Crippen LogP contribution >= 0.6 is 0 Å². The molecule has 0 aliphatic rings. The van der Waals surface area contributed by atoms with E-state index in [2.05, 4.69) is 12.2 Å². The van der Waals surface area contributed by atoms with Gasteiger partial charge in [-0.05, 0) is 25.0 Å². The zero-order valence-corrected chi connectivity index (χ0v) is 12.0. The van der Waals surface area contributed by atoms with Crippen molar-refractivity contribution in [1.29, 1.82) is 0 Å². The summed E-state index contributed by atoms with van der Waals surface area (Å²) in [5.41, 5.74) is 0.651. The van der Waals surface area contributed by atoms with Crippen molar-refractivity contribution in [3.63, 3.8) is 0 Å². The molecule has 1 rings (SSSR count). The van der Waals surface area contributed by atoms with E-state index in [0.29, 0.717) is 12.1 Å². The minimum atomic E-state index is -0.414. The maximum atomic E-state index is 13.7. The average Bonchev–Trinajstić information content (AvgIpc) is 2.40. The molecule has 1 aromatic rings. The van der Waals surface area contributed by atoms with Crippen LogP contribution in [0.4, 0.5) is 4.39 Å². The molecule has 0 aliphatic carbocycles. The molecular formula is C16H24FNO. The average molecular weight is 265 g/mol. The van der Waals surface area contributed by atoms with E-state index in [-0.39, 0.29) is 11.5 Å². The third kappa shape index (κ3) is 5.41. The fourth-order valence-electron chi connectivity index (χ4n) is 2.03. The lowest BCUT2D eigenvalue weighted by Crippen LogP contribution is -2.25. The first-order valence-electron chi connectivity index (χ1n) is 7.20. The van der Waals surface area contributed by atoms with Crippen LogP contribution in [0.15, 0.2) is 18.2 Å². The zero-order valence-electron chi connectivity index (χ0n) is 12.0. The molecule has 0 aromatic heterocycles. The molecule has 2 nitrogen and oxygen atoms in total. The van der Waals surface area contributed by atoms with E-state index < -0.39 is 5.82 Å². The Hall–Kier alpha value is -1.38. The molecule has 1 aromatic carbocycles. The summed E-state index contributed by atoms with van der Waals surface area (Å²) >= 11 is 0. The predicted molar refractivity (Wildman–Crippen MR) is 76.8 cm³/mol. The lowest BCUT2D eigenvalue weighted by Gasteiger charge is -2.07. The highest BCUT2D eigenvalue weighted by molar-refractivity contribution is 5.94. The fraction of sp³-hybridized carbons (Fsp3) is 0.562. The smallest absolute Gasteiger partial charge is 0.254 e. The van der Waals surface area contributed by atoms with Crippen molar-refractivity contribution >= 4 is 5.91 Å². The minimum Gasteiger partial charge on any atom is -0.352 e. The second kappa shape index (κ2) is 8.68. The van der Waals surface area contributed by atoms with Crippen molar-refractivity contribution in [3.05, 3.63) is 35.1 Å². The maximum absolute atomic E-state index is 13.7. The van der Waals surface area contributed by atoms with E-state index in [9.17, 15) is 9.18 Å². The number of halogens is 1. The number of carbonyl (C=O) groups excluding carboxylic acids is 1. The molecule has 0 radical (unpaired) electrons. The van der Waals surface area contributed by atoms with Crippen LogP contribution in [0.5, 0.6) is 0 Å². The summed E-state index contributed by atoms with van der Waals surface area (Å²) in [5, 5.41) is 2.78. The number of hydrogen-bond acceptors (Lipinski definition) is 1. The van der Waals surface area contributed by atoms with Gasteiger partial charge in [0.25, 0.3) is 5.91 Å². The second-order valence-corrected chi connectivity index (χ2v) is 4.96. The van der Waals surface area contributed by atoms with Gasteiger partial charge in [-0.25, -0.2) is 4.39 Å². The van der Waals surface area contributed by atoms with Crippen molar-refractivity contribution in [3.8, 4) is 0 Å². The van der Waals surface area contributed by atoms with E-state index in [0.717, 1.165) is 12.8 Å². The van der Waals surface area contributed by atoms with Crippen molar-refractivity contribution in [2.24, 2.45) is 0 Å². The Balaban J connectivity index is 2.26. The fourth-order valence-corrected chi connectivity index (χ4v) is 2.03. The SMILES string of the molecule is CCCCCCCCNC(=O)c1cccc(C)c1F. The predicted octanol–water partition coefficient (Wildman–Crippen LogP) is 4.22. The van der Waals surface area contributed by atoms with Gasteiger partial charge in [0.2, 0.25) is 0 Å². The van der Waals surface area contributed by atoms with Crippen LogP contribution in [0.3, 0.4) is 0 Å². The lowest BCUT2D eigenvalue weighted by molar-refractivity contribution is 0.0948. The van der Waals surface area contributed by atoms with Crippen molar-refractivity contribution in [2.45, 2.75) is 52.4 Å². The molecule has 0 saturated carbocycles. The highest BCUT2D eigenvalue weighted by atomic mass is 19.1. The van der Waals surface area contributed by atoms with E-state index in [1.165, 1.54) is 31.7 Å². The number of carbonyl (C=O) groups is 1. The van der Waals surface area contributed by atoms with E-state index >= 15 is 0 Å². The Bertz CT molecular complexity index is 404. The first-order valence-corrected chi connectivity index (χ1v) is 7.20. The summed E-state index contributed by atoms with van der Waals surface area (Å²) in [6.07, 6.45) is 7.07. The molecular weight excluding hydrogens is 241 g/mol. The monoisotopic (exact) mass is 265 g/mol. The molecule has 0 spiro atoms. The molecule has 106 valence electrons. The van der Waals surface area contributed by atoms with Gasteiger partial charge in [0.15, 0.2) is 0 Å². The lowest BCUT2D eigenvalue weighted by atomic mass is 10.1. The largest absolute Gasteiger partial charge is 0.352 e. The van der Waals surface area contributed by atoms with Gasteiger partial charge in [0.1, 0.15) is 5.82 Å². The van der Waals surface area contributed by atoms with Gasteiger partial charge >= 0.3 is 0 Å². The summed E-state index contributed by atoms with van der Waals surface area (Å²) < 4.78 is 13.7. The normalized spacial score (nSPS) is 10.5. The number of rotatable bonds is 8. The number of amides is 1. The van der Waals surface area contributed by atoms with Crippen molar-refractivity contribution in [1.82, 2.24) is 5.32 Å². The quantitative estimate of drug-likeness (QED) is 0.700. The van der Waals surface area contributed by atoms with Gasteiger partial charge in [0.05, 0.1) is 5.56 Å². The van der Waals surface area contributed by atoms with E-state index in [4.69, 9.17) is 0 Å². The Morgan fingerprint density at radius 2 is 1.84 bits per heavy atom. The highest BCUT2D eigenvalue weighted by Crippen LogP contribution is 2.11. The Morgan fingerprint density at radius 1 is 1.16 bits per heavy atom. The third-order valence-corrected chi connectivity index (χ3v) is 3.25. The molecule has 1 amide bonds. The van der Waals surface area contributed by atoms with Crippen LogP contribution in [-0.4, -0.2) is 12.5 Å². The summed E-state index contributed by atoms with van der Waals surface area (Å²) in [6, 6.07) is 4.90. The Morgan fingerprint density at radius 3 is 2.58 bits per heavy atom. The molecule has 0 aliphatic heterocycles. The zero-order chi connectivity index (χ0) is 14.1. The Kier molecular flexibility index (Phi) is 7.16. The summed E-state index contributed by atoms with van der Waals surface area (Å²) in [7, 11) is 0. The van der Waals surface area contributed by atoms with Gasteiger partial charge in [-0.1, -0.05) is 51.2 Å². The molecule has 0 heterocycles. The van der Waals surface area contributed by atoms with Gasteiger partial charge in [-0.3, -0.25) is 4.79 Å². The van der Waals surface area contributed by atoms with Crippen LogP contribution < -0.4 is 5.32 Å². The summed E-state index contributed by atoms with van der Waals surface area (Å²) in [6.45, 7) is 4.48. The number of hydrogen-bond donors (Lipinski definition) is 1. The van der Waals surface area contributed by atoms with Gasteiger partial charge in [-0.15, -0.1) is 0 Å². The molecule has 0 bridgehead atoms. The first kappa shape index (κ1) is 15.7. The van der Waals surface area contributed by atoms with Gasteiger partial charge in [0, 0.05) is 6.54 Å². The van der Waals surface area contributed by atoms with Crippen LogP contribution in [0.25, 0.3) is 0 Å². The molecule has 3 heteroatoms. The molecule has 0 atom stereocenters. The molecule has 0 fully saturated rings. The van der Waals surface area contributed by atoms with Crippen LogP contribution in [0, 0.1) is 12.7 Å². The standard InChI is InChI=1S/C16H24FNO/c1-3-4-5-6-7-8-12-18-16(19)14-11-9-10-13(2)15(14)17/h9-11H,3-8,12H2,1-2H3,(H,18,19). The Labute approximate surface area is 115 Å². The van der Waals surface area contributed by atoms with Crippen molar-refractivity contribution < 1.29 is 9.18 Å². The number of nitrogens with one attached hydrogen (secondary N) is 1. The molecule has 0 saturated heterocycles. The second-order valence-electron chi connectivity index (χ2n) is 4.96. The molecule has 1 N–H and O–H groups in total. The minimum absolute atomic E-state index is 0.144. The number of unbranched alkanes of at least 4 members (excludes halogenated alkanes) is 5. The maximum Gasteiger partial charge on any atom is 0.254 e. The number of aryl methyl sites for hydroxylation is 1. The summed E-state index contributed by atoms with van der Waals surface area (Å²) in [5.74, 6) is -0.724. The van der Waals surface area contributed by atoms with Gasteiger partial charge in [-0.2, -0.15) is 0 Å². The van der Waals surface area contributed by atoms with Crippen LogP contribution in [-0.2, 0) is 0 Å². The highest BCUT2D eigenvalue weighted by Gasteiger charge is 2.11. The summed E-state index contributed by atoms with van der Waals surface area (Å²) in [4.78, 5) is 11.8. The first-order chi connectivity index (χ1) is 9.16. The van der Waals surface area contributed by atoms with E-state index in [1.54, 1.807) is 19.1 Å². The van der Waals surface area contributed by atoms with Crippen LogP contribution in [0.1, 0.15) is 61.4 Å². The molecule has 19 heavy (non-hydrogen) atoms. The van der Waals surface area contributed by atoms with Crippen molar-refractivity contribution in [2.75, 3.05) is 6.54 Å². The van der Waals surface area contributed by atoms with Gasteiger partial charge < -0.3 is 5.32 Å². The number of benzene rings is 1. The molecule has 0 unspecified atom stereocenters. The van der Waals surface area contributed by atoms with Crippen LogP contribution in [0.2, 0.25) is 0 Å². The van der Waals surface area contributed by atoms with E-state index in [1.807, 2.05) is 0 Å².